The Kier molecular flexibility index (Phi) is 4.79. The third-order valence-corrected chi connectivity index (χ3v) is 5.73. The summed E-state index contributed by atoms with van der Waals surface area (Å²) in [6.45, 7) is 3.32. The molecule has 0 aliphatic heterocycles. The van der Waals surface area contributed by atoms with Gasteiger partial charge in [-0.3, -0.25) is 14.3 Å². The zero-order valence-corrected chi connectivity index (χ0v) is 15.9. The van der Waals surface area contributed by atoms with E-state index in [-0.39, 0.29) is 5.56 Å². The minimum absolute atomic E-state index is 0.217. The van der Waals surface area contributed by atoms with Gasteiger partial charge in [0.15, 0.2) is 6.10 Å². The van der Waals surface area contributed by atoms with Gasteiger partial charge in [0.2, 0.25) is 0 Å². The van der Waals surface area contributed by atoms with Crippen LogP contribution in [0.4, 0.5) is 5.00 Å². The molecule has 0 saturated heterocycles. The van der Waals surface area contributed by atoms with Crippen molar-refractivity contribution in [3.05, 3.63) is 33.6 Å². The topological polar surface area (TPSA) is 116 Å². The Balaban J connectivity index is 1.69. The highest BCUT2D eigenvalue weighted by Gasteiger charge is 2.23. The molecule has 3 rings (SSSR count). The third-order valence-electron chi connectivity index (χ3n) is 3.72. The van der Waals surface area contributed by atoms with E-state index in [4.69, 9.17) is 10.5 Å². The predicted molar refractivity (Wildman–Crippen MR) is 99.7 cm³/mol. The molecule has 0 radical (unpaired) electrons. The lowest BCUT2D eigenvalue weighted by Gasteiger charge is -2.12. The first-order valence-electron chi connectivity index (χ1n) is 7.60. The number of thiophene rings is 2. The Morgan fingerprint density at radius 2 is 2.12 bits per heavy atom. The molecular weight excluding hydrogens is 376 g/mol. The van der Waals surface area contributed by atoms with Crippen molar-refractivity contribution in [3.8, 4) is 0 Å². The second kappa shape index (κ2) is 6.89. The molecule has 26 heavy (non-hydrogen) atoms. The maximum Gasteiger partial charge on any atom is 0.349 e. The molecule has 10 heteroatoms. The van der Waals surface area contributed by atoms with Crippen molar-refractivity contribution in [2.75, 3.05) is 5.32 Å². The molecule has 3 aromatic heterocycles. The van der Waals surface area contributed by atoms with E-state index in [9.17, 15) is 14.4 Å². The van der Waals surface area contributed by atoms with E-state index in [2.05, 4.69) is 10.4 Å². The molecule has 136 valence electrons. The minimum Gasteiger partial charge on any atom is -0.448 e. The van der Waals surface area contributed by atoms with Crippen molar-refractivity contribution in [1.29, 1.82) is 0 Å². The van der Waals surface area contributed by atoms with Crippen LogP contribution in [0.25, 0.3) is 10.2 Å². The molecule has 3 aromatic rings. The van der Waals surface area contributed by atoms with Crippen LogP contribution >= 0.6 is 22.7 Å². The number of aromatic nitrogens is 2. The molecule has 3 N–H and O–H groups in total. The zero-order chi connectivity index (χ0) is 19.0. The number of carbonyl (C=O) groups excluding carboxylic acids is 3. The largest absolute Gasteiger partial charge is 0.448 e. The van der Waals surface area contributed by atoms with Crippen LogP contribution in [0, 0.1) is 6.92 Å². The lowest BCUT2D eigenvalue weighted by Crippen LogP contribution is -2.30. The van der Waals surface area contributed by atoms with Gasteiger partial charge >= 0.3 is 5.97 Å². The van der Waals surface area contributed by atoms with Crippen LogP contribution in [-0.4, -0.2) is 33.7 Å². The molecule has 0 spiro atoms. The monoisotopic (exact) mass is 392 g/mol. The van der Waals surface area contributed by atoms with Crippen molar-refractivity contribution in [2.24, 2.45) is 12.8 Å². The van der Waals surface area contributed by atoms with Gasteiger partial charge in [0, 0.05) is 12.4 Å². The zero-order valence-electron chi connectivity index (χ0n) is 14.2. The van der Waals surface area contributed by atoms with Crippen LogP contribution in [0.3, 0.4) is 0 Å². The highest BCUT2D eigenvalue weighted by Crippen LogP contribution is 2.28. The average Bonchev–Trinajstić information content (AvgIpc) is 3.25. The fourth-order valence-corrected chi connectivity index (χ4v) is 4.19. The predicted octanol–water partition coefficient (Wildman–Crippen LogP) is 2.29. The summed E-state index contributed by atoms with van der Waals surface area (Å²) in [7, 11) is 1.80. The van der Waals surface area contributed by atoms with Crippen LogP contribution in [0.15, 0.2) is 17.5 Å². The van der Waals surface area contributed by atoms with Gasteiger partial charge in [-0.2, -0.15) is 5.10 Å². The van der Waals surface area contributed by atoms with Gasteiger partial charge in [0.05, 0.1) is 11.3 Å². The Hall–Kier alpha value is -2.72. The summed E-state index contributed by atoms with van der Waals surface area (Å²) in [6, 6.07) is 3.23. The molecule has 1 atom stereocenters. The van der Waals surface area contributed by atoms with Crippen LogP contribution < -0.4 is 11.1 Å². The Morgan fingerprint density at radius 3 is 2.77 bits per heavy atom. The molecule has 1 unspecified atom stereocenters. The second-order valence-corrected chi connectivity index (χ2v) is 7.55. The van der Waals surface area contributed by atoms with Gasteiger partial charge in [0.25, 0.3) is 11.8 Å². The number of fused-ring (bicyclic) bond motifs is 1. The molecule has 3 heterocycles. The normalized spacial score (nSPS) is 12.1. The van der Waals surface area contributed by atoms with Crippen molar-refractivity contribution in [2.45, 2.75) is 20.0 Å². The Bertz CT molecular complexity index is 982. The number of esters is 1. The summed E-state index contributed by atoms with van der Waals surface area (Å²) < 4.78 is 6.94. The molecule has 0 saturated carbocycles. The van der Waals surface area contributed by atoms with E-state index >= 15 is 0 Å². The molecular formula is C16H16N4O4S2. The van der Waals surface area contributed by atoms with Crippen molar-refractivity contribution >= 4 is 55.7 Å². The van der Waals surface area contributed by atoms with Gasteiger partial charge in [-0.05, 0) is 31.4 Å². The fraction of sp³-hybridized carbons (Fsp3) is 0.250. The summed E-state index contributed by atoms with van der Waals surface area (Å²) in [4.78, 5) is 37.1. The van der Waals surface area contributed by atoms with Gasteiger partial charge in [-0.15, -0.1) is 22.7 Å². The highest BCUT2D eigenvalue weighted by atomic mass is 32.1. The van der Waals surface area contributed by atoms with Crippen molar-refractivity contribution in [3.63, 3.8) is 0 Å². The summed E-state index contributed by atoms with van der Waals surface area (Å²) >= 11 is 2.42. The van der Waals surface area contributed by atoms with Crippen molar-refractivity contribution < 1.29 is 19.1 Å². The SMILES string of the molecule is Cc1nn(C)c2sc(C(=O)OC(C)C(=O)Nc3sccc3C(N)=O)cc12. The summed E-state index contributed by atoms with van der Waals surface area (Å²) in [5, 5.41) is 9.68. The number of primary amides is 1. The van der Waals surface area contributed by atoms with Crippen molar-refractivity contribution in [1.82, 2.24) is 9.78 Å². The molecule has 0 aliphatic carbocycles. The van der Waals surface area contributed by atoms with E-state index in [0.717, 1.165) is 15.9 Å². The molecule has 0 aromatic carbocycles. The number of hydrogen-bond acceptors (Lipinski definition) is 7. The maximum absolute atomic E-state index is 12.3. The number of rotatable bonds is 5. The number of anilines is 1. The van der Waals surface area contributed by atoms with E-state index in [1.165, 1.54) is 35.7 Å². The molecule has 0 fully saturated rings. The number of ether oxygens (including phenoxy) is 1. The standard InChI is InChI=1S/C16H16N4O4S2/c1-7-10-6-11(26-15(10)20(3)19-7)16(23)24-8(2)13(22)18-14-9(12(17)21)4-5-25-14/h4-6,8H,1-3H3,(H2,17,21)(H,18,22). The molecule has 2 amide bonds. The van der Waals surface area contributed by atoms with Crippen LogP contribution in [0.5, 0.6) is 0 Å². The lowest BCUT2D eigenvalue weighted by molar-refractivity contribution is -0.123. The Morgan fingerprint density at radius 1 is 1.38 bits per heavy atom. The van der Waals surface area contributed by atoms with E-state index in [1.807, 2.05) is 6.92 Å². The summed E-state index contributed by atoms with van der Waals surface area (Å²) in [5.74, 6) is -1.77. The van der Waals surface area contributed by atoms with Crippen LogP contribution in [0.2, 0.25) is 0 Å². The first kappa shape index (κ1) is 18.1. The lowest BCUT2D eigenvalue weighted by atomic mass is 10.3. The van der Waals surface area contributed by atoms with Gasteiger partial charge in [0.1, 0.15) is 14.7 Å². The van der Waals surface area contributed by atoms with Crippen LogP contribution in [-0.2, 0) is 16.6 Å². The highest BCUT2D eigenvalue weighted by molar-refractivity contribution is 7.20. The van der Waals surface area contributed by atoms with Gasteiger partial charge in [-0.1, -0.05) is 0 Å². The molecule has 0 bridgehead atoms. The average molecular weight is 392 g/mol. The van der Waals surface area contributed by atoms with Crippen LogP contribution in [0.1, 0.15) is 32.6 Å². The van der Waals surface area contributed by atoms with E-state index in [0.29, 0.717) is 9.88 Å². The maximum atomic E-state index is 12.3. The Labute approximate surface area is 156 Å². The molecule has 0 aliphatic rings. The first-order valence-corrected chi connectivity index (χ1v) is 9.29. The van der Waals surface area contributed by atoms with Gasteiger partial charge < -0.3 is 15.8 Å². The first-order chi connectivity index (χ1) is 12.3. The minimum atomic E-state index is -1.03. The number of amides is 2. The van der Waals surface area contributed by atoms with E-state index < -0.39 is 23.9 Å². The third kappa shape index (κ3) is 3.33. The quantitative estimate of drug-likeness (QED) is 0.646. The summed E-state index contributed by atoms with van der Waals surface area (Å²) in [5.41, 5.74) is 6.28. The number of nitrogens with one attached hydrogen (secondary N) is 1. The molecule has 8 nitrogen and oxygen atoms in total. The fourth-order valence-electron chi connectivity index (χ4n) is 2.39. The number of nitrogens with two attached hydrogens (primary N) is 1. The summed E-state index contributed by atoms with van der Waals surface area (Å²) in [6.07, 6.45) is -1.03. The number of aryl methyl sites for hydroxylation is 2. The second-order valence-electron chi connectivity index (χ2n) is 5.60. The number of nitrogens with zero attached hydrogens (tertiary/aromatic N) is 2. The van der Waals surface area contributed by atoms with E-state index in [1.54, 1.807) is 23.2 Å². The number of hydrogen-bond donors (Lipinski definition) is 2. The smallest absolute Gasteiger partial charge is 0.349 e. The van der Waals surface area contributed by atoms with Gasteiger partial charge in [-0.25, -0.2) is 4.79 Å². The number of carbonyl (C=O) groups is 3.